The second kappa shape index (κ2) is 6.02. The number of aliphatic hydroxyl groups excluding tert-OH is 1. The van der Waals surface area contributed by atoms with Crippen LogP contribution in [0.25, 0.3) is 10.9 Å². The Hall–Kier alpha value is -1.98. The zero-order valence-corrected chi connectivity index (χ0v) is 12.9. The van der Waals surface area contributed by atoms with E-state index in [1.165, 1.54) is 0 Å². The van der Waals surface area contributed by atoms with E-state index >= 15 is 0 Å². The molecule has 1 aliphatic heterocycles. The smallest absolute Gasteiger partial charge is 0.253 e. The van der Waals surface area contributed by atoms with Crippen LogP contribution in [0.4, 0.5) is 0 Å². The number of pyridine rings is 1. The first-order valence-corrected chi connectivity index (χ1v) is 7.59. The van der Waals surface area contributed by atoms with Crippen LogP contribution >= 0.6 is 0 Å². The Morgan fingerprint density at radius 1 is 1.36 bits per heavy atom. The van der Waals surface area contributed by atoms with Gasteiger partial charge in [-0.25, -0.2) is 0 Å². The summed E-state index contributed by atoms with van der Waals surface area (Å²) < 4.78 is 0. The van der Waals surface area contributed by atoms with Gasteiger partial charge in [0.05, 0.1) is 22.9 Å². The van der Waals surface area contributed by atoms with E-state index in [0.717, 1.165) is 28.7 Å². The van der Waals surface area contributed by atoms with E-state index in [1.54, 1.807) is 0 Å². The predicted octanol–water partition coefficient (Wildman–Crippen LogP) is 1.16. The summed E-state index contributed by atoms with van der Waals surface area (Å²) in [6.07, 6.45) is -0.390. The number of aryl methyl sites for hydroxylation is 2. The predicted molar refractivity (Wildman–Crippen MR) is 85.9 cm³/mol. The molecular formula is C17H21N3O2. The summed E-state index contributed by atoms with van der Waals surface area (Å²) in [4.78, 5) is 16.9. The minimum absolute atomic E-state index is 0.0694. The zero-order valence-electron chi connectivity index (χ0n) is 12.9. The number of β-amino-alcohol motifs (C(OH)–C–C–N with tert-alkyl or cyclic N) is 1. The molecule has 0 spiro atoms. The summed E-state index contributed by atoms with van der Waals surface area (Å²) >= 11 is 0. The van der Waals surface area contributed by atoms with Crippen molar-refractivity contribution in [2.45, 2.75) is 20.0 Å². The molecule has 0 bridgehead atoms. The maximum absolute atomic E-state index is 12.4. The molecule has 1 saturated heterocycles. The number of fused-ring (bicyclic) bond motifs is 1. The molecule has 3 rings (SSSR count). The van der Waals surface area contributed by atoms with Gasteiger partial charge in [0, 0.05) is 30.9 Å². The van der Waals surface area contributed by atoms with Crippen molar-refractivity contribution in [2.24, 2.45) is 5.92 Å². The van der Waals surface area contributed by atoms with Gasteiger partial charge < -0.3 is 15.7 Å². The van der Waals surface area contributed by atoms with Gasteiger partial charge in [0.15, 0.2) is 0 Å². The number of nitrogens with zero attached hydrogens (tertiary/aromatic N) is 1. The Labute approximate surface area is 129 Å². The molecule has 0 radical (unpaired) electrons. The highest BCUT2D eigenvalue weighted by atomic mass is 16.3. The van der Waals surface area contributed by atoms with E-state index in [4.69, 9.17) is 0 Å². The Bertz CT molecular complexity index is 714. The van der Waals surface area contributed by atoms with Crippen LogP contribution in [0.2, 0.25) is 0 Å². The van der Waals surface area contributed by atoms with Crippen LogP contribution in [0.5, 0.6) is 0 Å². The van der Waals surface area contributed by atoms with Gasteiger partial charge in [0.2, 0.25) is 0 Å². The first-order chi connectivity index (χ1) is 10.5. The third-order valence-electron chi connectivity index (χ3n) is 4.23. The molecule has 3 N–H and O–H groups in total. The van der Waals surface area contributed by atoms with Crippen molar-refractivity contribution in [3.63, 3.8) is 0 Å². The fraction of sp³-hybridized carbons (Fsp3) is 0.412. The van der Waals surface area contributed by atoms with Crippen LogP contribution in [-0.4, -0.2) is 41.7 Å². The van der Waals surface area contributed by atoms with E-state index in [2.05, 4.69) is 15.6 Å². The number of amides is 1. The Kier molecular flexibility index (Phi) is 4.09. The largest absolute Gasteiger partial charge is 0.391 e. The summed E-state index contributed by atoms with van der Waals surface area (Å²) in [6.45, 7) is 5.66. The standard InChI is InChI=1S/C17H21N3O2/c1-10-3-4-15-12(5-10)6-14(11(2)20-15)17(22)19-8-13-7-18-9-16(13)21/h3-6,13,16,18,21H,7-9H2,1-2H3,(H,19,22). The second-order valence-electron chi connectivity index (χ2n) is 6.01. The number of hydrogen-bond donors (Lipinski definition) is 3. The number of carbonyl (C=O) groups excluding carboxylic acids is 1. The molecule has 1 aromatic carbocycles. The van der Waals surface area contributed by atoms with Gasteiger partial charge in [0.25, 0.3) is 5.91 Å². The minimum atomic E-state index is -0.390. The lowest BCUT2D eigenvalue weighted by Gasteiger charge is -2.15. The average molecular weight is 299 g/mol. The van der Waals surface area contributed by atoms with Crippen molar-refractivity contribution in [2.75, 3.05) is 19.6 Å². The lowest BCUT2D eigenvalue weighted by atomic mass is 10.1. The van der Waals surface area contributed by atoms with E-state index in [1.807, 2.05) is 38.1 Å². The van der Waals surface area contributed by atoms with Crippen molar-refractivity contribution in [1.29, 1.82) is 0 Å². The van der Waals surface area contributed by atoms with Crippen LogP contribution in [0.15, 0.2) is 24.3 Å². The van der Waals surface area contributed by atoms with E-state index in [0.29, 0.717) is 18.7 Å². The van der Waals surface area contributed by atoms with Gasteiger partial charge in [-0.1, -0.05) is 11.6 Å². The van der Waals surface area contributed by atoms with Crippen molar-refractivity contribution in [3.8, 4) is 0 Å². The van der Waals surface area contributed by atoms with Crippen LogP contribution < -0.4 is 10.6 Å². The molecule has 1 amide bonds. The summed E-state index contributed by atoms with van der Waals surface area (Å²) in [5, 5.41) is 16.8. The molecular weight excluding hydrogens is 278 g/mol. The molecule has 1 aromatic heterocycles. The molecule has 5 heteroatoms. The Morgan fingerprint density at radius 2 is 2.18 bits per heavy atom. The number of rotatable bonds is 3. The average Bonchev–Trinajstić information content (AvgIpc) is 2.90. The van der Waals surface area contributed by atoms with Crippen LogP contribution in [0.1, 0.15) is 21.6 Å². The van der Waals surface area contributed by atoms with Crippen molar-refractivity contribution < 1.29 is 9.90 Å². The number of aliphatic hydroxyl groups is 1. The normalized spacial score (nSPS) is 21.2. The summed E-state index contributed by atoms with van der Waals surface area (Å²) in [6, 6.07) is 7.91. The Balaban J connectivity index is 1.79. The van der Waals surface area contributed by atoms with Gasteiger partial charge in [-0.2, -0.15) is 0 Å². The fourth-order valence-electron chi connectivity index (χ4n) is 2.87. The van der Waals surface area contributed by atoms with Crippen molar-refractivity contribution >= 4 is 16.8 Å². The molecule has 116 valence electrons. The molecule has 2 heterocycles. The summed E-state index contributed by atoms with van der Waals surface area (Å²) in [7, 11) is 0. The lowest BCUT2D eigenvalue weighted by molar-refractivity contribution is 0.0926. The zero-order chi connectivity index (χ0) is 15.7. The minimum Gasteiger partial charge on any atom is -0.391 e. The van der Waals surface area contributed by atoms with Gasteiger partial charge in [-0.05, 0) is 32.0 Å². The molecule has 1 aliphatic rings. The lowest BCUT2D eigenvalue weighted by Crippen LogP contribution is -2.34. The Morgan fingerprint density at radius 3 is 2.91 bits per heavy atom. The van der Waals surface area contributed by atoms with E-state index in [9.17, 15) is 9.90 Å². The van der Waals surface area contributed by atoms with Gasteiger partial charge in [-0.15, -0.1) is 0 Å². The first-order valence-electron chi connectivity index (χ1n) is 7.59. The van der Waals surface area contributed by atoms with Crippen LogP contribution in [0.3, 0.4) is 0 Å². The maximum atomic E-state index is 12.4. The third-order valence-corrected chi connectivity index (χ3v) is 4.23. The number of carbonyl (C=O) groups is 1. The second-order valence-corrected chi connectivity index (χ2v) is 6.01. The molecule has 0 saturated carbocycles. The molecule has 5 nitrogen and oxygen atoms in total. The van der Waals surface area contributed by atoms with Crippen molar-refractivity contribution in [3.05, 3.63) is 41.1 Å². The molecule has 0 aliphatic carbocycles. The van der Waals surface area contributed by atoms with Gasteiger partial charge in [-0.3, -0.25) is 9.78 Å². The topological polar surface area (TPSA) is 74.2 Å². The molecule has 2 atom stereocenters. The highest BCUT2D eigenvalue weighted by molar-refractivity contribution is 5.98. The molecule has 2 aromatic rings. The maximum Gasteiger partial charge on any atom is 0.253 e. The summed E-state index contributed by atoms with van der Waals surface area (Å²) in [5.41, 5.74) is 3.36. The van der Waals surface area contributed by atoms with Gasteiger partial charge in [0.1, 0.15) is 0 Å². The molecule has 1 fully saturated rings. The van der Waals surface area contributed by atoms with E-state index in [-0.39, 0.29) is 11.8 Å². The number of nitrogens with one attached hydrogen (secondary N) is 2. The summed E-state index contributed by atoms with van der Waals surface area (Å²) in [5.74, 6) is -0.0626. The highest BCUT2D eigenvalue weighted by Crippen LogP contribution is 2.18. The quantitative estimate of drug-likeness (QED) is 0.795. The molecule has 22 heavy (non-hydrogen) atoms. The first kappa shape index (κ1) is 14.9. The number of benzene rings is 1. The van der Waals surface area contributed by atoms with Crippen LogP contribution in [0, 0.1) is 19.8 Å². The van der Waals surface area contributed by atoms with E-state index < -0.39 is 6.10 Å². The fourth-order valence-corrected chi connectivity index (χ4v) is 2.87. The number of hydrogen-bond acceptors (Lipinski definition) is 4. The monoisotopic (exact) mass is 299 g/mol. The molecule has 2 unspecified atom stereocenters. The van der Waals surface area contributed by atoms with Gasteiger partial charge >= 0.3 is 0 Å². The highest BCUT2D eigenvalue weighted by Gasteiger charge is 2.25. The van der Waals surface area contributed by atoms with Crippen molar-refractivity contribution in [1.82, 2.24) is 15.6 Å². The third kappa shape index (κ3) is 2.96. The van der Waals surface area contributed by atoms with Crippen LogP contribution in [-0.2, 0) is 0 Å². The number of aromatic nitrogens is 1. The SMILES string of the molecule is Cc1ccc2nc(C)c(C(=O)NCC3CNCC3O)cc2c1.